The second kappa shape index (κ2) is 4.67. The van der Waals surface area contributed by atoms with E-state index >= 15 is 0 Å². The van der Waals surface area contributed by atoms with Gasteiger partial charge in [-0.2, -0.15) is 0 Å². The zero-order chi connectivity index (χ0) is 11.5. The number of nitrogen functional groups attached to an aromatic ring is 1. The number of amides is 1. The average molecular weight is 223 g/mol. The lowest BCUT2D eigenvalue weighted by atomic mass is 10.3. The maximum Gasteiger partial charge on any atom is 0.268 e. The SMILES string of the molecule is CN(Cc1cc(C(=O)NN)co1)CC1CC1. The zero-order valence-electron chi connectivity index (χ0n) is 9.40. The summed E-state index contributed by atoms with van der Waals surface area (Å²) < 4.78 is 5.30. The van der Waals surface area contributed by atoms with Crippen LogP contribution in [0.5, 0.6) is 0 Å². The molecule has 1 heterocycles. The van der Waals surface area contributed by atoms with Crippen LogP contribution in [0, 0.1) is 5.92 Å². The number of nitrogens with two attached hydrogens (primary N) is 1. The van der Waals surface area contributed by atoms with Crippen molar-refractivity contribution in [2.24, 2.45) is 11.8 Å². The van der Waals surface area contributed by atoms with E-state index in [1.165, 1.54) is 19.1 Å². The Hall–Kier alpha value is -1.33. The largest absolute Gasteiger partial charge is 0.467 e. The molecule has 0 spiro atoms. The maximum atomic E-state index is 11.2. The van der Waals surface area contributed by atoms with Gasteiger partial charge in [0.25, 0.3) is 5.91 Å². The van der Waals surface area contributed by atoms with E-state index in [0.717, 1.165) is 24.8 Å². The second-order valence-corrected chi connectivity index (χ2v) is 4.42. The number of hydrogen-bond acceptors (Lipinski definition) is 4. The monoisotopic (exact) mass is 223 g/mol. The molecule has 2 rings (SSSR count). The Morgan fingerprint density at radius 3 is 3.06 bits per heavy atom. The normalized spacial score (nSPS) is 15.4. The first-order valence-electron chi connectivity index (χ1n) is 5.46. The third-order valence-corrected chi connectivity index (χ3v) is 2.74. The minimum absolute atomic E-state index is 0.320. The molecule has 0 aromatic carbocycles. The first-order chi connectivity index (χ1) is 7.69. The predicted molar refractivity (Wildman–Crippen MR) is 59.4 cm³/mol. The molecular formula is C11H17N3O2. The molecule has 0 radical (unpaired) electrons. The molecule has 0 unspecified atom stereocenters. The minimum Gasteiger partial charge on any atom is -0.467 e. The number of carbonyl (C=O) groups excluding carboxylic acids is 1. The quantitative estimate of drug-likeness (QED) is 0.438. The van der Waals surface area contributed by atoms with Gasteiger partial charge in [0.1, 0.15) is 12.0 Å². The molecule has 0 aliphatic heterocycles. The summed E-state index contributed by atoms with van der Waals surface area (Å²) in [4.78, 5) is 13.4. The van der Waals surface area contributed by atoms with E-state index < -0.39 is 0 Å². The Kier molecular flexibility index (Phi) is 3.26. The lowest BCUT2D eigenvalue weighted by Crippen LogP contribution is -2.29. The number of nitrogens with zero attached hydrogens (tertiary/aromatic N) is 1. The van der Waals surface area contributed by atoms with Crippen LogP contribution in [0.25, 0.3) is 0 Å². The van der Waals surface area contributed by atoms with E-state index in [2.05, 4.69) is 17.4 Å². The molecule has 1 aromatic heterocycles. The summed E-state index contributed by atoms with van der Waals surface area (Å²) in [6.07, 6.45) is 4.11. The topological polar surface area (TPSA) is 71.5 Å². The molecule has 5 heteroatoms. The molecule has 1 aliphatic carbocycles. The van der Waals surface area contributed by atoms with Gasteiger partial charge in [0, 0.05) is 6.54 Å². The van der Waals surface area contributed by atoms with Crippen molar-refractivity contribution < 1.29 is 9.21 Å². The Balaban J connectivity index is 1.88. The molecule has 0 saturated heterocycles. The van der Waals surface area contributed by atoms with Gasteiger partial charge in [-0.05, 0) is 31.9 Å². The highest BCUT2D eigenvalue weighted by Gasteiger charge is 2.23. The van der Waals surface area contributed by atoms with Gasteiger partial charge in [0.15, 0.2) is 0 Å². The molecular weight excluding hydrogens is 206 g/mol. The fourth-order valence-corrected chi connectivity index (χ4v) is 1.74. The predicted octanol–water partition coefficient (Wildman–Crippen LogP) is 0.725. The van der Waals surface area contributed by atoms with Crippen LogP contribution in [-0.2, 0) is 6.54 Å². The first kappa shape index (κ1) is 11.2. The van der Waals surface area contributed by atoms with Gasteiger partial charge in [-0.25, -0.2) is 5.84 Å². The first-order valence-corrected chi connectivity index (χ1v) is 5.46. The van der Waals surface area contributed by atoms with E-state index in [9.17, 15) is 4.79 Å². The number of hydrogen-bond donors (Lipinski definition) is 2. The van der Waals surface area contributed by atoms with E-state index in [-0.39, 0.29) is 5.91 Å². The molecule has 1 fully saturated rings. The van der Waals surface area contributed by atoms with Crippen molar-refractivity contribution in [3.05, 3.63) is 23.7 Å². The molecule has 3 N–H and O–H groups in total. The Morgan fingerprint density at radius 2 is 2.44 bits per heavy atom. The Labute approximate surface area is 94.6 Å². The van der Waals surface area contributed by atoms with E-state index in [1.807, 2.05) is 0 Å². The van der Waals surface area contributed by atoms with Crippen molar-refractivity contribution in [1.82, 2.24) is 10.3 Å². The summed E-state index contributed by atoms with van der Waals surface area (Å²) >= 11 is 0. The van der Waals surface area contributed by atoms with Crippen LogP contribution < -0.4 is 11.3 Å². The molecule has 1 aromatic rings. The van der Waals surface area contributed by atoms with Gasteiger partial charge in [-0.1, -0.05) is 0 Å². The van der Waals surface area contributed by atoms with E-state index in [0.29, 0.717) is 5.56 Å². The van der Waals surface area contributed by atoms with Gasteiger partial charge in [0.2, 0.25) is 0 Å². The van der Waals surface area contributed by atoms with Crippen LogP contribution in [0.15, 0.2) is 16.7 Å². The molecule has 0 bridgehead atoms. The number of rotatable bonds is 5. The standard InChI is InChI=1S/C11H17N3O2/c1-14(5-8-2-3-8)6-10-4-9(7-16-10)11(15)13-12/h4,7-8H,2-3,5-6,12H2,1H3,(H,13,15). The molecule has 1 aliphatic rings. The van der Waals surface area contributed by atoms with Crippen molar-refractivity contribution in [2.45, 2.75) is 19.4 Å². The smallest absolute Gasteiger partial charge is 0.268 e. The summed E-state index contributed by atoms with van der Waals surface area (Å²) in [6.45, 7) is 1.83. The number of hydrazine groups is 1. The van der Waals surface area contributed by atoms with E-state index in [4.69, 9.17) is 10.3 Å². The van der Waals surface area contributed by atoms with Crippen LogP contribution in [-0.4, -0.2) is 24.4 Å². The summed E-state index contributed by atoms with van der Waals surface area (Å²) in [5, 5.41) is 0. The van der Waals surface area contributed by atoms with Gasteiger partial charge >= 0.3 is 0 Å². The van der Waals surface area contributed by atoms with Crippen molar-refractivity contribution in [2.75, 3.05) is 13.6 Å². The molecule has 16 heavy (non-hydrogen) atoms. The third-order valence-electron chi connectivity index (χ3n) is 2.74. The Bertz CT molecular complexity index is 371. The summed E-state index contributed by atoms with van der Waals surface area (Å²) in [6, 6.07) is 1.73. The van der Waals surface area contributed by atoms with Crippen LogP contribution >= 0.6 is 0 Å². The van der Waals surface area contributed by atoms with Crippen molar-refractivity contribution >= 4 is 5.91 Å². The van der Waals surface area contributed by atoms with Gasteiger partial charge in [-0.15, -0.1) is 0 Å². The van der Waals surface area contributed by atoms with Gasteiger partial charge < -0.3 is 4.42 Å². The van der Waals surface area contributed by atoms with Crippen molar-refractivity contribution in [3.8, 4) is 0 Å². The third kappa shape index (κ3) is 2.84. The van der Waals surface area contributed by atoms with Crippen LogP contribution in [0.2, 0.25) is 0 Å². The number of furan rings is 1. The highest BCUT2D eigenvalue weighted by Crippen LogP contribution is 2.29. The highest BCUT2D eigenvalue weighted by molar-refractivity contribution is 5.93. The summed E-state index contributed by atoms with van der Waals surface area (Å²) in [7, 11) is 2.06. The zero-order valence-corrected chi connectivity index (χ0v) is 9.40. The van der Waals surface area contributed by atoms with Crippen molar-refractivity contribution in [1.29, 1.82) is 0 Å². The fraction of sp³-hybridized carbons (Fsp3) is 0.545. The lowest BCUT2D eigenvalue weighted by molar-refractivity contribution is 0.0953. The maximum absolute atomic E-state index is 11.2. The van der Waals surface area contributed by atoms with Crippen molar-refractivity contribution in [3.63, 3.8) is 0 Å². The van der Waals surface area contributed by atoms with Crippen LogP contribution in [0.4, 0.5) is 0 Å². The average Bonchev–Trinajstić information content (AvgIpc) is 2.94. The number of carbonyl (C=O) groups is 1. The van der Waals surface area contributed by atoms with Gasteiger partial charge in [0.05, 0.1) is 12.1 Å². The summed E-state index contributed by atoms with van der Waals surface area (Å²) in [5.41, 5.74) is 2.55. The highest BCUT2D eigenvalue weighted by atomic mass is 16.3. The molecule has 1 saturated carbocycles. The minimum atomic E-state index is -0.320. The number of nitrogens with one attached hydrogen (secondary N) is 1. The molecule has 88 valence electrons. The van der Waals surface area contributed by atoms with Gasteiger partial charge in [-0.3, -0.25) is 15.1 Å². The molecule has 0 atom stereocenters. The fourth-order valence-electron chi connectivity index (χ4n) is 1.74. The lowest BCUT2D eigenvalue weighted by Gasteiger charge is -2.13. The second-order valence-electron chi connectivity index (χ2n) is 4.42. The van der Waals surface area contributed by atoms with E-state index in [1.54, 1.807) is 6.07 Å². The van der Waals surface area contributed by atoms with Crippen LogP contribution in [0.1, 0.15) is 29.0 Å². The summed E-state index contributed by atoms with van der Waals surface area (Å²) in [5.74, 6) is 6.36. The Morgan fingerprint density at radius 1 is 1.69 bits per heavy atom. The molecule has 1 amide bonds. The van der Waals surface area contributed by atoms with Crippen LogP contribution in [0.3, 0.4) is 0 Å². The molecule has 5 nitrogen and oxygen atoms in total.